The molecule has 2 atom stereocenters. The van der Waals surface area contributed by atoms with Gasteiger partial charge in [0.05, 0.1) is 25.3 Å². The Morgan fingerprint density at radius 1 is 1.06 bits per heavy atom. The van der Waals surface area contributed by atoms with E-state index < -0.39 is 8.07 Å². The van der Waals surface area contributed by atoms with Crippen LogP contribution in [0, 0.1) is 11.5 Å². The molecule has 4 nitrogen and oxygen atoms in total. The second-order valence-corrected chi connectivity index (χ2v) is 15.0. The maximum absolute atomic E-state index is 13.2. The van der Waals surface area contributed by atoms with Gasteiger partial charge in [-0.25, -0.2) is 4.79 Å². The van der Waals surface area contributed by atoms with Gasteiger partial charge in [-0.2, -0.15) is 0 Å². The normalized spacial score (nSPS) is 21.4. The van der Waals surface area contributed by atoms with E-state index in [0.29, 0.717) is 19.8 Å². The summed E-state index contributed by atoms with van der Waals surface area (Å²) in [5.41, 5.74) is 9.72. The first kappa shape index (κ1) is 22.0. The summed E-state index contributed by atoms with van der Waals surface area (Å²) in [7, 11) is -1.37. The number of amides is 1. The minimum Gasteiger partial charge on any atom is -0.448 e. The summed E-state index contributed by atoms with van der Waals surface area (Å²) in [6.07, 6.45) is 3.53. The lowest BCUT2D eigenvalue weighted by Gasteiger charge is -2.43. The number of morpholine rings is 1. The summed E-state index contributed by atoms with van der Waals surface area (Å²) < 4.78 is 11.7. The molecule has 1 amide bonds. The molecular formula is C28H31NO3Si. The standard InChI is InChI=1S/C28H31NO3Si/c1-33(2,3)14-8-9-20-15-21-17-31-18-22(16-20)29(21)28(30)32-19-27-25-12-6-4-10-23(25)24-11-5-7-13-26(24)27/h4-7,10-13,15,21-22,27H,9,16-19H2,1-3H3. The van der Waals surface area contributed by atoms with Crippen molar-refractivity contribution in [3.05, 3.63) is 71.3 Å². The lowest BCUT2D eigenvalue weighted by Crippen LogP contribution is -2.56. The van der Waals surface area contributed by atoms with Gasteiger partial charge in [0.1, 0.15) is 14.7 Å². The Morgan fingerprint density at radius 2 is 1.73 bits per heavy atom. The van der Waals surface area contributed by atoms with Gasteiger partial charge in [0, 0.05) is 12.3 Å². The van der Waals surface area contributed by atoms with E-state index in [9.17, 15) is 4.79 Å². The van der Waals surface area contributed by atoms with E-state index in [0.717, 1.165) is 12.8 Å². The maximum atomic E-state index is 13.2. The van der Waals surface area contributed by atoms with Crippen molar-refractivity contribution in [2.75, 3.05) is 19.8 Å². The van der Waals surface area contributed by atoms with E-state index in [1.165, 1.54) is 27.8 Å². The highest BCUT2D eigenvalue weighted by Crippen LogP contribution is 2.44. The van der Waals surface area contributed by atoms with Gasteiger partial charge >= 0.3 is 6.09 Å². The van der Waals surface area contributed by atoms with Crippen molar-refractivity contribution in [3.63, 3.8) is 0 Å². The van der Waals surface area contributed by atoms with Gasteiger partial charge in [-0.3, -0.25) is 4.90 Å². The van der Waals surface area contributed by atoms with Gasteiger partial charge in [-0.05, 0) is 28.7 Å². The van der Waals surface area contributed by atoms with Crippen molar-refractivity contribution >= 4 is 14.2 Å². The van der Waals surface area contributed by atoms with Crippen LogP contribution in [0.15, 0.2) is 60.2 Å². The third-order valence-corrected chi connectivity index (χ3v) is 7.53. The van der Waals surface area contributed by atoms with Gasteiger partial charge in [-0.15, -0.1) is 11.5 Å². The highest BCUT2D eigenvalue weighted by molar-refractivity contribution is 6.83. The molecule has 0 radical (unpaired) electrons. The number of hydrogen-bond donors (Lipinski definition) is 0. The Kier molecular flexibility index (Phi) is 5.90. The van der Waals surface area contributed by atoms with Crippen LogP contribution >= 0.6 is 0 Å². The van der Waals surface area contributed by atoms with E-state index >= 15 is 0 Å². The second kappa shape index (κ2) is 8.85. The van der Waals surface area contributed by atoms with E-state index in [1.807, 2.05) is 4.90 Å². The molecule has 5 heteroatoms. The molecule has 1 fully saturated rings. The molecule has 170 valence electrons. The molecule has 2 aromatic carbocycles. The zero-order valence-electron chi connectivity index (χ0n) is 19.6. The summed E-state index contributed by atoms with van der Waals surface area (Å²) in [6.45, 7) is 8.21. The predicted octanol–water partition coefficient (Wildman–Crippen LogP) is 5.61. The maximum Gasteiger partial charge on any atom is 0.410 e. The molecule has 2 aliphatic heterocycles. The number of ether oxygens (including phenoxy) is 2. The van der Waals surface area contributed by atoms with Crippen LogP contribution < -0.4 is 0 Å². The molecule has 2 aromatic rings. The zero-order chi connectivity index (χ0) is 23.0. The molecule has 0 aromatic heterocycles. The van der Waals surface area contributed by atoms with Crippen LogP contribution in [0.25, 0.3) is 11.1 Å². The van der Waals surface area contributed by atoms with Crippen LogP contribution in [0.4, 0.5) is 4.79 Å². The monoisotopic (exact) mass is 457 g/mol. The highest BCUT2D eigenvalue weighted by atomic mass is 28.3. The molecule has 2 bridgehead atoms. The van der Waals surface area contributed by atoms with E-state index in [2.05, 4.69) is 85.7 Å². The first-order chi connectivity index (χ1) is 15.9. The molecule has 0 saturated carbocycles. The van der Waals surface area contributed by atoms with Crippen LogP contribution in [0.1, 0.15) is 29.9 Å². The number of fused-ring (bicyclic) bond motifs is 5. The Labute approximate surface area is 197 Å². The SMILES string of the molecule is C[Si](C)(C)C#CCC1=CC2COCC(C1)N2C(=O)OCC1c2ccccc2-c2ccccc21. The van der Waals surface area contributed by atoms with Gasteiger partial charge in [0.15, 0.2) is 0 Å². The van der Waals surface area contributed by atoms with Gasteiger partial charge in [-0.1, -0.05) is 79.8 Å². The molecule has 5 rings (SSSR count). The second-order valence-electron chi connectivity index (χ2n) is 10.2. The number of rotatable bonds is 3. The van der Waals surface area contributed by atoms with Crippen molar-refractivity contribution in [3.8, 4) is 22.6 Å². The summed E-state index contributed by atoms with van der Waals surface area (Å²) in [6, 6.07) is 16.8. The average molecular weight is 458 g/mol. The fourth-order valence-corrected chi connectivity index (χ4v) is 5.81. The summed E-state index contributed by atoms with van der Waals surface area (Å²) in [5.74, 6) is 3.45. The largest absolute Gasteiger partial charge is 0.448 e. The lowest BCUT2D eigenvalue weighted by molar-refractivity contribution is -0.0363. The number of carbonyl (C=O) groups excluding carboxylic acids is 1. The Bertz CT molecular complexity index is 1110. The van der Waals surface area contributed by atoms with Crippen LogP contribution in [0.5, 0.6) is 0 Å². The van der Waals surface area contributed by atoms with Crippen LogP contribution in [0.2, 0.25) is 19.6 Å². The molecule has 1 aliphatic carbocycles. The fourth-order valence-electron chi connectivity index (χ4n) is 5.19. The molecule has 0 spiro atoms. The van der Waals surface area contributed by atoms with Crippen molar-refractivity contribution in [2.45, 2.75) is 50.5 Å². The topological polar surface area (TPSA) is 38.8 Å². The first-order valence-corrected chi connectivity index (χ1v) is 15.3. The molecule has 2 heterocycles. The van der Waals surface area contributed by atoms with Crippen LogP contribution in [-0.2, 0) is 9.47 Å². The summed E-state index contributed by atoms with van der Waals surface area (Å²) in [5, 5.41) is 0. The van der Waals surface area contributed by atoms with Gasteiger partial charge in [0.2, 0.25) is 0 Å². The number of carbonyl (C=O) groups is 1. The van der Waals surface area contributed by atoms with Crippen molar-refractivity contribution in [2.24, 2.45) is 0 Å². The van der Waals surface area contributed by atoms with Gasteiger partial charge in [0.25, 0.3) is 0 Å². The Balaban J connectivity index is 1.29. The summed E-state index contributed by atoms with van der Waals surface area (Å²) in [4.78, 5) is 15.1. The Hall–Kier alpha value is -2.81. The van der Waals surface area contributed by atoms with E-state index in [4.69, 9.17) is 9.47 Å². The molecule has 1 saturated heterocycles. The third-order valence-electron chi connectivity index (χ3n) is 6.60. The van der Waals surface area contributed by atoms with Crippen molar-refractivity contribution in [1.82, 2.24) is 4.90 Å². The minimum absolute atomic E-state index is 0.0214. The predicted molar refractivity (Wildman–Crippen MR) is 134 cm³/mol. The third kappa shape index (κ3) is 4.51. The van der Waals surface area contributed by atoms with E-state index in [-0.39, 0.29) is 24.1 Å². The molecule has 2 unspecified atom stereocenters. The highest BCUT2D eigenvalue weighted by Gasteiger charge is 2.39. The summed E-state index contributed by atoms with van der Waals surface area (Å²) >= 11 is 0. The number of hydrogen-bond acceptors (Lipinski definition) is 3. The Morgan fingerprint density at radius 3 is 2.36 bits per heavy atom. The van der Waals surface area contributed by atoms with Crippen LogP contribution in [0.3, 0.4) is 0 Å². The smallest absolute Gasteiger partial charge is 0.410 e. The number of nitrogens with zero attached hydrogens (tertiary/aromatic N) is 1. The number of benzene rings is 2. The van der Waals surface area contributed by atoms with E-state index in [1.54, 1.807) is 0 Å². The minimum atomic E-state index is -1.37. The van der Waals surface area contributed by atoms with Crippen LogP contribution in [-0.4, -0.2) is 51.0 Å². The zero-order valence-corrected chi connectivity index (χ0v) is 20.6. The molecule has 3 aliphatic rings. The van der Waals surface area contributed by atoms with Crippen molar-refractivity contribution in [1.29, 1.82) is 0 Å². The average Bonchev–Trinajstić information content (AvgIpc) is 3.10. The quantitative estimate of drug-likeness (QED) is 0.342. The van der Waals surface area contributed by atoms with Crippen molar-refractivity contribution < 1.29 is 14.3 Å². The molecular weight excluding hydrogens is 426 g/mol. The molecule has 0 N–H and O–H groups in total. The first-order valence-electron chi connectivity index (χ1n) is 11.8. The lowest BCUT2D eigenvalue weighted by atomic mass is 9.93. The molecule has 33 heavy (non-hydrogen) atoms. The fraction of sp³-hybridized carbons (Fsp3) is 0.393. The van der Waals surface area contributed by atoms with Gasteiger partial charge < -0.3 is 9.47 Å².